The highest BCUT2D eigenvalue weighted by Gasteiger charge is 2.43. The molecule has 0 aromatic rings. The van der Waals surface area contributed by atoms with Crippen LogP contribution in [-0.4, -0.2) is 0 Å². The lowest BCUT2D eigenvalue weighted by atomic mass is 9.94. The molecule has 0 amide bonds. The molecule has 2 spiro atoms. The van der Waals surface area contributed by atoms with E-state index in [9.17, 15) is 0 Å². The Morgan fingerprint density at radius 3 is 1.00 bits per heavy atom. The van der Waals surface area contributed by atoms with Crippen molar-refractivity contribution in [3.05, 3.63) is 0 Å². The average molecular weight is 184 g/mol. The van der Waals surface area contributed by atoms with Gasteiger partial charge in [-0.25, -0.2) is 0 Å². The van der Waals surface area contributed by atoms with Crippen LogP contribution in [0.25, 0.3) is 0 Å². The van der Waals surface area contributed by atoms with Gasteiger partial charge in [0.1, 0.15) is 0 Å². The fourth-order valence-electron chi connectivity index (χ4n) is 2.19. The summed E-state index contributed by atoms with van der Waals surface area (Å²) >= 11 is 0. The summed E-state index contributed by atoms with van der Waals surface area (Å²) in [5.41, 5.74) is 1.07. The van der Waals surface area contributed by atoms with Crippen molar-refractivity contribution in [1.82, 2.24) is 0 Å². The van der Waals surface area contributed by atoms with E-state index in [1.807, 2.05) is 0 Å². The minimum absolute atomic E-state index is 0.536. The largest absolute Gasteiger partial charge is 0.103 e. The molecule has 14 heavy (non-hydrogen) atoms. The van der Waals surface area contributed by atoms with Crippen molar-refractivity contribution < 1.29 is 0 Å². The summed E-state index contributed by atoms with van der Waals surface area (Å²) in [4.78, 5) is 0. The maximum Gasteiger partial charge on any atom is 0.0154 e. The zero-order chi connectivity index (χ0) is 9.49. The van der Waals surface area contributed by atoms with Gasteiger partial charge in [0.25, 0.3) is 0 Å². The molecule has 0 aromatic heterocycles. The van der Waals surface area contributed by atoms with Crippen LogP contribution in [0.15, 0.2) is 0 Å². The van der Waals surface area contributed by atoms with Crippen LogP contribution in [0.3, 0.4) is 0 Å². The monoisotopic (exact) mass is 184 g/mol. The average Bonchev–Trinajstić information content (AvgIpc) is 3.06. The van der Waals surface area contributed by atoms with Crippen LogP contribution in [0.2, 0.25) is 0 Å². The predicted molar refractivity (Wildman–Crippen MR) is 57.4 cm³/mol. The van der Waals surface area contributed by atoms with Gasteiger partial charge in [-0.1, -0.05) is 0 Å². The van der Waals surface area contributed by atoms with Crippen molar-refractivity contribution in [2.75, 3.05) is 0 Å². The van der Waals surface area contributed by atoms with Gasteiger partial charge in [0.05, 0.1) is 0 Å². The Hall–Kier alpha value is -0.880. The lowest BCUT2D eigenvalue weighted by Crippen LogP contribution is -2.01. The molecule has 0 radical (unpaired) electrons. The maximum atomic E-state index is 3.39. The van der Waals surface area contributed by atoms with E-state index in [0.29, 0.717) is 10.8 Å². The molecule has 0 bridgehead atoms. The van der Waals surface area contributed by atoms with Crippen molar-refractivity contribution in [2.24, 2.45) is 10.8 Å². The van der Waals surface area contributed by atoms with Crippen LogP contribution in [-0.2, 0) is 0 Å². The number of rotatable bonds is 0. The standard InChI is InChI=1S/C14H16/c1-2-6-14(11-12-14)8-4-3-7-13(5-1)9-10-13/h5-12H2. The van der Waals surface area contributed by atoms with Crippen LogP contribution in [0, 0.1) is 34.5 Å². The second-order valence-electron chi connectivity index (χ2n) is 5.41. The first-order valence-electron chi connectivity index (χ1n) is 5.74. The van der Waals surface area contributed by atoms with E-state index >= 15 is 0 Å². The molecule has 72 valence electrons. The van der Waals surface area contributed by atoms with E-state index in [1.165, 1.54) is 25.7 Å². The molecule has 0 aliphatic heterocycles. The summed E-state index contributed by atoms with van der Waals surface area (Å²) in [6.45, 7) is 0. The first-order chi connectivity index (χ1) is 6.83. The molecule has 2 fully saturated rings. The van der Waals surface area contributed by atoms with Crippen molar-refractivity contribution in [2.45, 2.75) is 51.4 Å². The van der Waals surface area contributed by atoms with E-state index < -0.39 is 0 Å². The normalized spacial score (nSPS) is 29.7. The fraction of sp³-hybridized carbons (Fsp3) is 0.714. The molecule has 3 rings (SSSR count). The molecule has 0 atom stereocenters. The van der Waals surface area contributed by atoms with E-state index in [4.69, 9.17) is 0 Å². The molecule has 0 heteroatoms. The van der Waals surface area contributed by atoms with Crippen molar-refractivity contribution in [3.8, 4) is 23.7 Å². The van der Waals surface area contributed by atoms with E-state index in [2.05, 4.69) is 23.7 Å². The molecule has 0 unspecified atom stereocenters. The van der Waals surface area contributed by atoms with Gasteiger partial charge in [-0.15, -0.1) is 23.7 Å². The molecule has 0 saturated heterocycles. The van der Waals surface area contributed by atoms with Gasteiger partial charge in [-0.2, -0.15) is 0 Å². The Morgan fingerprint density at radius 2 is 0.786 bits per heavy atom. The molecule has 3 aliphatic rings. The van der Waals surface area contributed by atoms with Crippen molar-refractivity contribution >= 4 is 0 Å². The molecule has 3 aliphatic carbocycles. The lowest BCUT2D eigenvalue weighted by Gasteiger charge is -2.09. The van der Waals surface area contributed by atoms with Gasteiger partial charge in [0.15, 0.2) is 0 Å². The van der Waals surface area contributed by atoms with Gasteiger partial charge in [0.2, 0.25) is 0 Å². The topological polar surface area (TPSA) is 0 Å². The lowest BCUT2D eigenvalue weighted by molar-refractivity contribution is 0.527. The molecular formula is C14H16. The Balaban J connectivity index is 1.75. The number of hydrogen-bond acceptors (Lipinski definition) is 0. The van der Waals surface area contributed by atoms with Gasteiger partial charge < -0.3 is 0 Å². The second-order valence-corrected chi connectivity index (χ2v) is 5.41. The van der Waals surface area contributed by atoms with Crippen LogP contribution in [0.4, 0.5) is 0 Å². The molecule has 0 nitrogen and oxygen atoms in total. The summed E-state index contributed by atoms with van der Waals surface area (Å²) in [7, 11) is 0. The third kappa shape index (κ3) is 1.55. The van der Waals surface area contributed by atoms with E-state index in [-0.39, 0.29) is 0 Å². The summed E-state index contributed by atoms with van der Waals surface area (Å²) in [6.07, 6.45) is 9.89. The highest BCUT2D eigenvalue weighted by atomic mass is 14.5. The van der Waals surface area contributed by atoms with Gasteiger partial charge in [-0.3, -0.25) is 0 Å². The van der Waals surface area contributed by atoms with Crippen LogP contribution in [0.5, 0.6) is 0 Å². The third-order valence-corrected chi connectivity index (χ3v) is 4.02. The molecule has 0 heterocycles. The Bertz CT molecular complexity index is 296. The van der Waals surface area contributed by atoms with Crippen molar-refractivity contribution in [1.29, 1.82) is 0 Å². The minimum Gasteiger partial charge on any atom is -0.103 e. The van der Waals surface area contributed by atoms with Gasteiger partial charge in [0, 0.05) is 25.7 Å². The molecule has 0 N–H and O–H groups in total. The Morgan fingerprint density at radius 1 is 0.500 bits per heavy atom. The van der Waals surface area contributed by atoms with Crippen molar-refractivity contribution in [3.63, 3.8) is 0 Å². The number of hydrogen-bond donors (Lipinski definition) is 0. The zero-order valence-electron chi connectivity index (χ0n) is 8.66. The summed E-state index contributed by atoms with van der Waals surface area (Å²) in [5.74, 6) is 13.5. The van der Waals surface area contributed by atoms with Crippen LogP contribution < -0.4 is 0 Å². The van der Waals surface area contributed by atoms with Crippen LogP contribution >= 0.6 is 0 Å². The zero-order valence-corrected chi connectivity index (χ0v) is 8.66. The highest BCUT2D eigenvalue weighted by Crippen LogP contribution is 2.53. The highest BCUT2D eigenvalue weighted by molar-refractivity contribution is 5.19. The predicted octanol–water partition coefficient (Wildman–Crippen LogP) is 3.13. The van der Waals surface area contributed by atoms with Gasteiger partial charge >= 0.3 is 0 Å². The smallest absolute Gasteiger partial charge is 0.0154 e. The second kappa shape index (κ2) is 2.80. The summed E-state index contributed by atoms with van der Waals surface area (Å²) in [5, 5.41) is 0. The first kappa shape index (κ1) is 8.43. The summed E-state index contributed by atoms with van der Waals surface area (Å²) in [6, 6.07) is 0. The fourth-order valence-corrected chi connectivity index (χ4v) is 2.19. The Kier molecular flexibility index (Phi) is 1.69. The maximum absolute atomic E-state index is 3.39. The molecule has 2 saturated carbocycles. The molecular weight excluding hydrogens is 168 g/mol. The summed E-state index contributed by atoms with van der Waals surface area (Å²) < 4.78 is 0. The van der Waals surface area contributed by atoms with E-state index in [0.717, 1.165) is 25.7 Å². The Labute approximate surface area is 86.5 Å². The SMILES string of the molecule is C1#CCC2(CC#CCC3(C1)CC3)CC2. The van der Waals surface area contributed by atoms with E-state index in [1.54, 1.807) is 0 Å². The molecule has 0 aromatic carbocycles. The minimum atomic E-state index is 0.536. The third-order valence-electron chi connectivity index (χ3n) is 4.02. The van der Waals surface area contributed by atoms with Gasteiger partial charge in [-0.05, 0) is 36.5 Å². The quantitative estimate of drug-likeness (QED) is 0.507. The first-order valence-corrected chi connectivity index (χ1v) is 5.74. The van der Waals surface area contributed by atoms with Crippen LogP contribution in [0.1, 0.15) is 51.4 Å².